The maximum absolute atomic E-state index is 11.7. The smallest absolute Gasteiger partial charge is 0.328 e. The SMILES string of the molecule is COC(=O)[C@@H](C)NC(=O)C(N)c1ccccc1.Cl. The largest absolute Gasteiger partial charge is 0.467 e. The first-order valence-electron chi connectivity index (χ1n) is 5.25. The predicted octanol–water partition coefficient (Wildman–Crippen LogP) is 0.786. The van der Waals surface area contributed by atoms with Crippen LogP contribution in [0, 0.1) is 0 Å². The summed E-state index contributed by atoms with van der Waals surface area (Å²) in [6.07, 6.45) is 0. The third kappa shape index (κ3) is 4.35. The number of methoxy groups -OCH3 is 1. The van der Waals surface area contributed by atoms with Gasteiger partial charge in [0.1, 0.15) is 12.1 Å². The van der Waals surface area contributed by atoms with E-state index in [0.29, 0.717) is 5.56 Å². The van der Waals surface area contributed by atoms with Crippen molar-refractivity contribution in [3.8, 4) is 0 Å². The Balaban J connectivity index is 0.00000289. The summed E-state index contributed by atoms with van der Waals surface area (Å²) in [7, 11) is 1.27. The fourth-order valence-electron chi connectivity index (χ4n) is 1.35. The summed E-state index contributed by atoms with van der Waals surface area (Å²) < 4.78 is 4.50. The van der Waals surface area contributed by atoms with Crippen LogP contribution in [0.5, 0.6) is 0 Å². The number of esters is 1. The second-order valence-corrected chi connectivity index (χ2v) is 3.64. The molecule has 0 heterocycles. The number of nitrogens with two attached hydrogens (primary N) is 1. The molecule has 0 aromatic heterocycles. The molecule has 6 heteroatoms. The van der Waals surface area contributed by atoms with Gasteiger partial charge in [-0.15, -0.1) is 12.4 Å². The standard InChI is InChI=1S/C12H16N2O3.ClH/c1-8(12(16)17-2)14-11(15)10(13)9-6-4-3-5-7-9;/h3-8,10H,13H2,1-2H3,(H,14,15);1H/t8-,10?;/m1./s1. The molecule has 18 heavy (non-hydrogen) atoms. The molecule has 0 aliphatic carbocycles. The van der Waals surface area contributed by atoms with Gasteiger partial charge in [0.25, 0.3) is 0 Å². The molecule has 0 aliphatic heterocycles. The van der Waals surface area contributed by atoms with Crippen molar-refractivity contribution in [2.24, 2.45) is 5.73 Å². The molecule has 1 rings (SSSR count). The van der Waals surface area contributed by atoms with Crippen LogP contribution in [0.25, 0.3) is 0 Å². The Morgan fingerprint density at radius 2 is 1.83 bits per heavy atom. The number of rotatable bonds is 4. The van der Waals surface area contributed by atoms with Crippen molar-refractivity contribution in [1.29, 1.82) is 0 Å². The Morgan fingerprint density at radius 3 is 2.33 bits per heavy atom. The lowest BCUT2D eigenvalue weighted by atomic mass is 10.1. The monoisotopic (exact) mass is 272 g/mol. The van der Waals surface area contributed by atoms with Gasteiger partial charge in [-0.05, 0) is 12.5 Å². The van der Waals surface area contributed by atoms with Crippen LogP contribution in [0.1, 0.15) is 18.5 Å². The van der Waals surface area contributed by atoms with E-state index in [4.69, 9.17) is 5.73 Å². The molecule has 5 nitrogen and oxygen atoms in total. The van der Waals surface area contributed by atoms with Gasteiger partial charge in [-0.2, -0.15) is 0 Å². The second kappa shape index (κ2) is 7.68. The van der Waals surface area contributed by atoms with E-state index in [1.54, 1.807) is 31.2 Å². The topological polar surface area (TPSA) is 81.4 Å². The van der Waals surface area contributed by atoms with Gasteiger partial charge >= 0.3 is 5.97 Å². The number of carbonyl (C=O) groups excluding carboxylic acids is 2. The molecular weight excluding hydrogens is 256 g/mol. The summed E-state index contributed by atoms with van der Waals surface area (Å²) in [5, 5.41) is 2.49. The number of nitrogens with one attached hydrogen (secondary N) is 1. The van der Waals surface area contributed by atoms with Crippen LogP contribution in [-0.2, 0) is 14.3 Å². The van der Waals surface area contributed by atoms with E-state index in [2.05, 4.69) is 10.1 Å². The molecule has 0 radical (unpaired) electrons. The van der Waals surface area contributed by atoms with Crippen molar-refractivity contribution >= 4 is 24.3 Å². The zero-order valence-corrected chi connectivity index (χ0v) is 11.1. The Morgan fingerprint density at radius 1 is 1.28 bits per heavy atom. The van der Waals surface area contributed by atoms with E-state index in [0.717, 1.165) is 0 Å². The average molecular weight is 273 g/mol. The number of benzene rings is 1. The fourth-order valence-corrected chi connectivity index (χ4v) is 1.35. The van der Waals surface area contributed by atoms with Crippen molar-refractivity contribution < 1.29 is 14.3 Å². The van der Waals surface area contributed by atoms with Crippen LogP contribution in [0.3, 0.4) is 0 Å². The molecular formula is C12H17ClN2O3. The number of ether oxygens (including phenoxy) is 1. The second-order valence-electron chi connectivity index (χ2n) is 3.64. The average Bonchev–Trinajstić information content (AvgIpc) is 2.37. The highest BCUT2D eigenvalue weighted by molar-refractivity contribution is 5.87. The maximum Gasteiger partial charge on any atom is 0.328 e. The van der Waals surface area contributed by atoms with Gasteiger partial charge in [-0.25, -0.2) is 4.79 Å². The van der Waals surface area contributed by atoms with Crippen LogP contribution in [0.2, 0.25) is 0 Å². The molecule has 3 N–H and O–H groups in total. The minimum Gasteiger partial charge on any atom is -0.467 e. The number of hydrogen-bond acceptors (Lipinski definition) is 4. The summed E-state index contributed by atoms with van der Waals surface area (Å²) in [4.78, 5) is 22.9. The van der Waals surface area contributed by atoms with Gasteiger partial charge < -0.3 is 15.8 Å². The van der Waals surface area contributed by atoms with Crippen molar-refractivity contribution in [2.75, 3.05) is 7.11 Å². The Labute approximate surface area is 112 Å². The molecule has 0 fully saturated rings. The molecule has 1 aromatic rings. The molecule has 0 spiro atoms. The fraction of sp³-hybridized carbons (Fsp3) is 0.333. The van der Waals surface area contributed by atoms with Gasteiger partial charge in [-0.3, -0.25) is 4.79 Å². The molecule has 0 saturated heterocycles. The van der Waals surface area contributed by atoms with E-state index >= 15 is 0 Å². The van der Waals surface area contributed by atoms with Gasteiger partial charge in [0, 0.05) is 0 Å². The zero-order valence-electron chi connectivity index (χ0n) is 10.3. The lowest BCUT2D eigenvalue weighted by Crippen LogP contribution is -2.43. The van der Waals surface area contributed by atoms with Gasteiger partial charge in [0.2, 0.25) is 5.91 Å². The lowest BCUT2D eigenvalue weighted by molar-refractivity contribution is -0.144. The summed E-state index contributed by atoms with van der Waals surface area (Å²) in [5.74, 6) is -0.910. The van der Waals surface area contributed by atoms with Crippen LogP contribution in [0.15, 0.2) is 30.3 Å². The summed E-state index contributed by atoms with van der Waals surface area (Å²) in [5.41, 5.74) is 6.46. The highest BCUT2D eigenvalue weighted by atomic mass is 35.5. The molecule has 100 valence electrons. The van der Waals surface area contributed by atoms with Crippen molar-refractivity contribution in [1.82, 2.24) is 5.32 Å². The van der Waals surface area contributed by atoms with Gasteiger partial charge in [0.15, 0.2) is 0 Å². The minimum atomic E-state index is -0.789. The Kier molecular flexibility index (Phi) is 7.00. The first kappa shape index (κ1) is 16.4. The number of carbonyl (C=O) groups is 2. The number of halogens is 1. The van der Waals surface area contributed by atoms with E-state index in [9.17, 15) is 9.59 Å². The molecule has 0 aliphatic rings. The third-order valence-corrected chi connectivity index (χ3v) is 2.35. The molecule has 1 amide bonds. The van der Waals surface area contributed by atoms with Gasteiger partial charge in [0.05, 0.1) is 7.11 Å². The normalized spacial score (nSPS) is 12.8. The van der Waals surface area contributed by atoms with Crippen molar-refractivity contribution in [3.63, 3.8) is 0 Å². The lowest BCUT2D eigenvalue weighted by Gasteiger charge is -2.16. The molecule has 0 bridgehead atoms. The predicted molar refractivity (Wildman–Crippen MR) is 70.2 cm³/mol. The van der Waals surface area contributed by atoms with E-state index in [1.807, 2.05) is 6.07 Å². The molecule has 1 aromatic carbocycles. The van der Waals surface area contributed by atoms with Crippen LogP contribution in [0.4, 0.5) is 0 Å². The first-order valence-corrected chi connectivity index (χ1v) is 5.25. The Bertz CT molecular complexity index is 398. The summed E-state index contributed by atoms with van der Waals surface area (Å²) >= 11 is 0. The Hall–Kier alpha value is -1.59. The molecule has 2 atom stereocenters. The summed E-state index contributed by atoms with van der Waals surface area (Å²) in [6, 6.07) is 7.45. The van der Waals surface area contributed by atoms with Crippen LogP contribution < -0.4 is 11.1 Å². The number of amides is 1. The quantitative estimate of drug-likeness (QED) is 0.794. The van der Waals surface area contributed by atoms with E-state index < -0.39 is 24.0 Å². The van der Waals surface area contributed by atoms with E-state index in [1.165, 1.54) is 7.11 Å². The minimum absolute atomic E-state index is 0. The van der Waals surface area contributed by atoms with E-state index in [-0.39, 0.29) is 12.4 Å². The third-order valence-electron chi connectivity index (χ3n) is 2.35. The number of hydrogen-bond donors (Lipinski definition) is 2. The molecule has 0 saturated carbocycles. The highest BCUT2D eigenvalue weighted by Crippen LogP contribution is 2.09. The van der Waals surface area contributed by atoms with Crippen LogP contribution in [-0.4, -0.2) is 25.0 Å². The highest BCUT2D eigenvalue weighted by Gasteiger charge is 2.21. The molecule has 1 unspecified atom stereocenters. The van der Waals surface area contributed by atoms with Crippen LogP contribution >= 0.6 is 12.4 Å². The van der Waals surface area contributed by atoms with Gasteiger partial charge in [-0.1, -0.05) is 30.3 Å². The first-order chi connectivity index (χ1) is 8.06. The van der Waals surface area contributed by atoms with Crippen molar-refractivity contribution in [3.05, 3.63) is 35.9 Å². The zero-order chi connectivity index (χ0) is 12.8. The maximum atomic E-state index is 11.7. The summed E-state index contributed by atoms with van der Waals surface area (Å²) in [6.45, 7) is 1.54. The van der Waals surface area contributed by atoms with Crippen molar-refractivity contribution in [2.45, 2.75) is 19.0 Å².